The monoisotopic (exact) mass is 563 g/mol. The Bertz CT molecular complexity index is 1350. The number of hydrogen-bond donors (Lipinski definition) is 1. The van der Waals surface area contributed by atoms with Gasteiger partial charge in [0.1, 0.15) is 12.3 Å². The van der Waals surface area contributed by atoms with Crippen molar-refractivity contribution < 1.29 is 19.1 Å². The number of nitrogens with one attached hydrogen (secondary N) is 1. The fourth-order valence-corrected chi connectivity index (χ4v) is 5.68. The van der Waals surface area contributed by atoms with Gasteiger partial charge in [-0.25, -0.2) is 4.31 Å². The van der Waals surface area contributed by atoms with Crippen LogP contribution >= 0.6 is 11.9 Å². The van der Waals surface area contributed by atoms with Crippen LogP contribution in [0.3, 0.4) is 0 Å². The zero-order valence-corrected chi connectivity index (χ0v) is 24.4. The summed E-state index contributed by atoms with van der Waals surface area (Å²) in [6.07, 6.45) is 4.35. The molecule has 0 bridgehead atoms. The Kier molecular flexibility index (Phi) is 8.66. The fraction of sp³-hybridized carbons (Fsp3) is 0.433. The number of amides is 2. The SMILES string of the molecule is COc1c(CNC(=O)c2cc(C3CC3)nn2C)cccc1OCc1ccc(C(=O)N2CCN(SC)CC2C)cc1. The molecule has 5 rings (SSSR count). The predicted octanol–water partition coefficient (Wildman–Crippen LogP) is 4.24. The second-order valence-corrected chi connectivity index (χ2v) is 11.3. The van der Waals surface area contributed by atoms with E-state index in [1.165, 1.54) is 0 Å². The van der Waals surface area contributed by atoms with E-state index in [0.717, 1.165) is 49.3 Å². The van der Waals surface area contributed by atoms with Crippen molar-refractivity contribution in [3.8, 4) is 11.5 Å². The lowest BCUT2D eigenvalue weighted by molar-refractivity contribution is 0.0601. The Morgan fingerprint density at radius 2 is 1.90 bits per heavy atom. The molecule has 2 fully saturated rings. The van der Waals surface area contributed by atoms with Crippen LogP contribution in [0.4, 0.5) is 0 Å². The van der Waals surface area contributed by atoms with Gasteiger partial charge < -0.3 is 19.7 Å². The summed E-state index contributed by atoms with van der Waals surface area (Å²) in [7, 11) is 3.39. The quantitative estimate of drug-likeness (QED) is 0.369. The van der Waals surface area contributed by atoms with Gasteiger partial charge in [0.05, 0.1) is 12.8 Å². The van der Waals surface area contributed by atoms with Crippen molar-refractivity contribution in [1.29, 1.82) is 0 Å². The number of methoxy groups -OCH3 is 1. The van der Waals surface area contributed by atoms with Crippen LogP contribution in [0.25, 0.3) is 0 Å². The number of rotatable bonds is 10. The van der Waals surface area contributed by atoms with Crippen LogP contribution in [0.2, 0.25) is 0 Å². The van der Waals surface area contributed by atoms with Gasteiger partial charge in [-0.3, -0.25) is 14.3 Å². The zero-order valence-electron chi connectivity index (χ0n) is 23.6. The molecule has 9 nitrogen and oxygen atoms in total. The van der Waals surface area contributed by atoms with E-state index in [1.807, 2.05) is 53.4 Å². The highest BCUT2D eigenvalue weighted by Gasteiger charge is 2.29. The third kappa shape index (κ3) is 6.28. The number of aromatic nitrogens is 2. The Balaban J connectivity index is 1.18. The maximum absolute atomic E-state index is 13.1. The number of para-hydroxylation sites is 1. The first-order valence-corrected chi connectivity index (χ1v) is 14.9. The van der Waals surface area contributed by atoms with Crippen molar-refractivity contribution in [3.05, 3.63) is 76.6 Å². The highest BCUT2D eigenvalue weighted by Crippen LogP contribution is 2.39. The van der Waals surface area contributed by atoms with Crippen LogP contribution in [-0.2, 0) is 20.2 Å². The standard InChI is InChI=1S/C30H37N5O4S/c1-20-18-34(40-4)14-15-35(20)30(37)23-10-8-21(9-11-23)19-39-27-7-5-6-24(28(27)38-3)17-31-29(36)26-16-25(22-12-13-22)32-33(26)2/h5-11,16,20,22H,12-15,17-19H2,1-4H3,(H,31,36). The molecule has 1 unspecified atom stereocenters. The van der Waals surface area contributed by atoms with Crippen LogP contribution in [0.5, 0.6) is 11.5 Å². The number of benzene rings is 2. The van der Waals surface area contributed by atoms with Gasteiger partial charge >= 0.3 is 0 Å². The Morgan fingerprint density at radius 3 is 2.58 bits per heavy atom. The minimum Gasteiger partial charge on any atom is -0.493 e. The predicted molar refractivity (Wildman–Crippen MR) is 156 cm³/mol. The fourth-order valence-electron chi connectivity index (χ4n) is 5.05. The third-order valence-corrected chi connectivity index (χ3v) is 8.38. The lowest BCUT2D eigenvalue weighted by Crippen LogP contribution is -2.51. The summed E-state index contributed by atoms with van der Waals surface area (Å²) >= 11 is 1.73. The van der Waals surface area contributed by atoms with Crippen molar-refractivity contribution in [2.45, 2.75) is 44.9 Å². The summed E-state index contributed by atoms with van der Waals surface area (Å²) in [6, 6.07) is 15.3. The maximum atomic E-state index is 13.1. The summed E-state index contributed by atoms with van der Waals surface area (Å²) in [6.45, 7) is 5.18. The van der Waals surface area contributed by atoms with Crippen molar-refractivity contribution in [3.63, 3.8) is 0 Å². The van der Waals surface area contributed by atoms with Gasteiger partial charge in [-0.1, -0.05) is 36.2 Å². The van der Waals surface area contributed by atoms with Gasteiger partial charge in [0.15, 0.2) is 11.5 Å². The van der Waals surface area contributed by atoms with Crippen LogP contribution < -0.4 is 14.8 Å². The number of aryl methyl sites for hydroxylation is 1. The van der Waals surface area contributed by atoms with Gasteiger partial charge in [0, 0.05) is 56.3 Å². The molecule has 1 aromatic heterocycles. The highest BCUT2D eigenvalue weighted by molar-refractivity contribution is 7.96. The topological polar surface area (TPSA) is 88.9 Å². The van der Waals surface area contributed by atoms with E-state index in [2.05, 4.69) is 27.9 Å². The van der Waals surface area contributed by atoms with Crippen molar-refractivity contribution in [2.24, 2.45) is 7.05 Å². The van der Waals surface area contributed by atoms with Crippen molar-refractivity contribution in [2.75, 3.05) is 33.0 Å². The molecule has 1 saturated heterocycles. The van der Waals surface area contributed by atoms with E-state index in [0.29, 0.717) is 41.8 Å². The Morgan fingerprint density at radius 1 is 1.12 bits per heavy atom. The van der Waals surface area contributed by atoms with Gasteiger partial charge in [-0.15, -0.1) is 0 Å². The molecule has 1 atom stereocenters. The molecule has 1 saturated carbocycles. The van der Waals surface area contributed by atoms with E-state index in [1.54, 1.807) is 30.8 Å². The average molecular weight is 564 g/mol. The van der Waals surface area contributed by atoms with E-state index >= 15 is 0 Å². The molecule has 1 N–H and O–H groups in total. The van der Waals surface area contributed by atoms with Crippen LogP contribution in [0.15, 0.2) is 48.5 Å². The zero-order chi connectivity index (χ0) is 28.2. The summed E-state index contributed by atoms with van der Waals surface area (Å²) in [5.41, 5.74) is 3.98. The van der Waals surface area contributed by atoms with E-state index in [-0.39, 0.29) is 17.9 Å². The second kappa shape index (κ2) is 12.3. The van der Waals surface area contributed by atoms with E-state index < -0.39 is 0 Å². The number of carbonyl (C=O) groups is 2. The summed E-state index contributed by atoms with van der Waals surface area (Å²) in [4.78, 5) is 27.9. The molecular formula is C30H37N5O4S. The first-order valence-electron chi connectivity index (χ1n) is 13.7. The molecule has 2 amide bonds. The highest BCUT2D eigenvalue weighted by atomic mass is 32.2. The average Bonchev–Trinajstić information content (AvgIpc) is 3.75. The van der Waals surface area contributed by atoms with Crippen molar-refractivity contribution >= 4 is 23.8 Å². The molecule has 40 heavy (non-hydrogen) atoms. The van der Waals surface area contributed by atoms with E-state index in [4.69, 9.17) is 9.47 Å². The van der Waals surface area contributed by atoms with Crippen LogP contribution in [0, 0.1) is 0 Å². The lowest BCUT2D eigenvalue weighted by Gasteiger charge is -2.38. The minimum absolute atomic E-state index is 0.0621. The molecule has 1 aliphatic heterocycles. The van der Waals surface area contributed by atoms with E-state index in [9.17, 15) is 9.59 Å². The maximum Gasteiger partial charge on any atom is 0.269 e. The normalized spacial score (nSPS) is 17.5. The van der Waals surface area contributed by atoms with Gasteiger partial charge in [0.25, 0.3) is 11.8 Å². The smallest absolute Gasteiger partial charge is 0.269 e. The molecule has 2 heterocycles. The molecule has 212 valence electrons. The third-order valence-electron chi connectivity index (χ3n) is 7.54. The number of ether oxygens (including phenoxy) is 2. The Labute approximate surface area is 239 Å². The van der Waals surface area contributed by atoms with Crippen molar-refractivity contribution in [1.82, 2.24) is 24.3 Å². The van der Waals surface area contributed by atoms with Crippen LogP contribution in [-0.4, -0.2) is 69.8 Å². The summed E-state index contributed by atoms with van der Waals surface area (Å²) < 4.78 is 15.7. The first kappa shape index (κ1) is 28.0. The molecular weight excluding hydrogens is 526 g/mol. The largest absolute Gasteiger partial charge is 0.493 e. The molecule has 0 radical (unpaired) electrons. The molecule has 2 aromatic carbocycles. The molecule has 1 aliphatic carbocycles. The first-order chi connectivity index (χ1) is 19.4. The number of piperazine rings is 1. The molecule has 10 heteroatoms. The minimum atomic E-state index is -0.176. The summed E-state index contributed by atoms with van der Waals surface area (Å²) in [5.74, 6) is 1.54. The second-order valence-electron chi connectivity index (χ2n) is 10.4. The number of hydrogen-bond acceptors (Lipinski definition) is 7. The van der Waals surface area contributed by atoms with Gasteiger partial charge in [-0.05, 0) is 55.9 Å². The Hall–Kier alpha value is -3.50. The van der Waals surface area contributed by atoms with Gasteiger partial charge in [0.2, 0.25) is 0 Å². The van der Waals surface area contributed by atoms with Crippen LogP contribution in [0.1, 0.15) is 63.4 Å². The molecule has 2 aliphatic rings. The molecule has 0 spiro atoms. The number of carbonyl (C=O) groups excluding carboxylic acids is 2. The molecule has 3 aromatic rings. The summed E-state index contributed by atoms with van der Waals surface area (Å²) in [5, 5.41) is 7.47. The lowest BCUT2D eigenvalue weighted by atomic mass is 10.1. The number of nitrogens with zero attached hydrogens (tertiary/aromatic N) is 4. The van der Waals surface area contributed by atoms with Gasteiger partial charge in [-0.2, -0.15) is 5.10 Å².